The Balaban J connectivity index is 1.60. The zero-order valence-corrected chi connectivity index (χ0v) is 14.9. The Morgan fingerprint density at radius 2 is 1.96 bits per heavy atom. The van der Waals surface area contributed by atoms with E-state index < -0.39 is 10.0 Å². The molecule has 1 aromatic heterocycles. The van der Waals surface area contributed by atoms with Crippen molar-refractivity contribution in [2.24, 2.45) is 5.92 Å². The predicted octanol–water partition coefficient (Wildman–Crippen LogP) is 1.27. The summed E-state index contributed by atoms with van der Waals surface area (Å²) >= 11 is 0. The number of sulfonamides is 1. The van der Waals surface area contributed by atoms with Gasteiger partial charge < -0.3 is 5.32 Å². The monoisotopic (exact) mass is 362 g/mol. The molecule has 8 heteroatoms. The first-order valence-corrected chi connectivity index (χ1v) is 10.1. The van der Waals surface area contributed by atoms with Crippen LogP contribution in [0.5, 0.6) is 0 Å². The third-order valence-corrected chi connectivity index (χ3v) is 5.80. The van der Waals surface area contributed by atoms with E-state index in [0.29, 0.717) is 31.1 Å². The molecule has 25 heavy (non-hydrogen) atoms. The Morgan fingerprint density at radius 1 is 1.24 bits per heavy atom. The van der Waals surface area contributed by atoms with E-state index in [-0.39, 0.29) is 5.91 Å². The minimum Gasteiger partial charge on any atom is -0.352 e. The average Bonchev–Trinajstić information content (AvgIpc) is 3.14. The number of nitrogens with zero attached hydrogens (tertiary/aromatic N) is 3. The highest BCUT2D eigenvalue weighted by atomic mass is 32.2. The smallest absolute Gasteiger partial charge is 0.253 e. The minimum absolute atomic E-state index is 0.142. The second kappa shape index (κ2) is 7.37. The first kappa shape index (κ1) is 17.6. The van der Waals surface area contributed by atoms with E-state index in [1.54, 1.807) is 23.1 Å². The summed E-state index contributed by atoms with van der Waals surface area (Å²) < 4.78 is 26.2. The molecule has 1 amide bonds. The molecular formula is C17H22N4O3S. The summed E-state index contributed by atoms with van der Waals surface area (Å²) in [7, 11) is -3.12. The van der Waals surface area contributed by atoms with Crippen molar-refractivity contribution < 1.29 is 13.2 Å². The number of carbonyl (C=O) groups excluding carboxylic acids is 1. The van der Waals surface area contributed by atoms with Crippen LogP contribution in [0.3, 0.4) is 0 Å². The Labute approximate surface area is 147 Å². The van der Waals surface area contributed by atoms with E-state index in [4.69, 9.17) is 0 Å². The fraction of sp³-hybridized carbons (Fsp3) is 0.412. The second-order valence-electron chi connectivity index (χ2n) is 6.28. The van der Waals surface area contributed by atoms with Gasteiger partial charge in [-0.1, -0.05) is 12.1 Å². The molecule has 1 aliphatic rings. The van der Waals surface area contributed by atoms with Crippen LogP contribution in [0, 0.1) is 5.92 Å². The van der Waals surface area contributed by atoms with E-state index in [2.05, 4.69) is 10.4 Å². The molecule has 0 spiro atoms. The average molecular weight is 362 g/mol. The first-order valence-electron chi connectivity index (χ1n) is 8.27. The number of carbonyl (C=O) groups is 1. The maximum absolute atomic E-state index is 12.6. The van der Waals surface area contributed by atoms with Gasteiger partial charge >= 0.3 is 0 Å². The standard InChI is InChI=1S/C17H22N4O3S/c1-25(23,24)20-11-7-14(8-12-20)13-18-17(22)15-5-2-3-6-16(15)21-10-4-9-19-21/h2-6,9-10,14H,7-8,11-13H2,1H3,(H,18,22). The molecule has 0 bridgehead atoms. The van der Waals surface area contributed by atoms with Gasteiger partial charge in [-0.15, -0.1) is 0 Å². The van der Waals surface area contributed by atoms with Gasteiger partial charge in [0.2, 0.25) is 10.0 Å². The van der Waals surface area contributed by atoms with Crippen molar-refractivity contribution in [3.63, 3.8) is 0 Å². The van der Waals surface area contributed by atoms with Crippen molar-refractivity contribution in [1.29, 1.82) is 0 Å². The molecule has 1 saturated heterocycles. The van der Waals surface area contributed by atoms with Crippen molar-refractivity contribution in [3.8, 4) is 5.69 Å². The summed E-state index contributed by atoms with van der Waals surface area (Å²) in [6.45, 7) is 1.58. The molecule has 0 unspecified atom stereocenters. The van der Waals surface area contributed by atoms with Crippen LogP contribution in [0.1, 0.15) is 23.2 Å². The quantitative estimate of drug-likeness (QED) is 0.868. The molecule has 2 aromatic rings. The van der Waals surface area contributed by atoms with E-state index in [1.165, 1.54) is 10.6 Å². The van der Waals surface area contributed by atoms with E-state index in [1.807, 2.05) is 24.3 Å². The zero-order chi connectivity index (χ0) is 17.9. The van der Waals surface area contributed by atoms with Crippen LogP contribution in [-0.2, 0) is 10.0 Å². The summed E-state index contributed by atoms with van der Waals surface area (Å²) in [5.74, 6) is 0.149. The molecule has 3 rings (SSSR count). The minimum atomic E-state index is -3.12. The molecule has 1 aliphatic heterocycles. The van der Waals surface area contributed by atoms with Crippen LogP contribution in [0.25, 0.3) is 5.69 Å². The number of rotatable bonds is 5. The summed E-state index contributed by atoms with van der Waals surface area (Å²) in [4.78, 5) is 12.6. The van der Waals surface area contributed by atoms with Crippen LogP contribution in [0.15, 0.2) is 42.7 Å². The summed E-state index contributed by atoms with van der Waals surface area (Å²) in [5, 5.41) is 7.16. The molecule has 1 fully saturated rings. The fourth-order valence-corrected chi connectivity index (χ4v) is 3.93. The molecule has 134 valence electrons. The van der Waals surface area contributed by atoms with Gasteiger partial charge in [0.25, 0.3) is 5.91 Å². The van der Waals surface area contributed by atoms with E-state index in [9.17, 15) is 13.2 Å². The third-order valence-electron chi connectivity index (χ3n) is 4.49. The van der Waals surface area contributed by atoms with Crippen molar-refractivity contribution >= 4 is 15.9 Å². The van der Waals surface area contributed by atoms with Crippen molar-refractivity contribution in [2.75, 3.05) is 25.9 Å². The number of hydrogen-bond donors (Lipinski definition) is 1. The number of amides is 1. The Hall–Kier alpha value is -2.19. The van der Waals surface area contributed by atoms with Gasteiger partial charge in [0.15, 0.2) is 0 Å². The zero-order valence-electron chi connectivity index (χ0n) is 14.1. The highest BCUT2D eigenvalue weighted by Crippen LogP contribution is 2.19. The molecule has 0 radical (unpaired) electrons. The predicted molar refractivity (Wildman–Crippen MR) is 95.0 cm³/mol. The number of aromatic nitrogens is 2. The number of hydrogen-bond acceptors (Lipinski definition) is 4. The molecule has 0 atom stereocenters. The van der Waals surface area contributed by atoms with Gasteiger partial charge in [-0.2, -0.15) is 5.10 Å². The van der Waals surface area contributed by atoms with Crippen LogP contribution in [-0.4, -0.2) is 54.3 Å². The molecule has 7 nitrogen and oxygen atoms in total. The highest BCUT2D eigenvalue weighted by molar-refractivity contribution is 7.88. The summed E-state index contributed by atoms with van der Waals surface area (Å²) in [6.07, 6.45) is 6.22. The molecule has 0 saturated carbocycles. The lowest BCUT2D eigenvalue weighted by molar-refractivity contribution is 0.0941. The van der Waals surface area contributed by atoms with Gasteiger partial charge in [-0.3, -0.25) is 4.79 Å². The number of nitrogens with one attached hydrogen (secondary N) is 1. The number of para-hydroxylation sites is 1. The number of benzene rings is 1. The van der Waals surface area contributed by atoms with Crippen molar-refractivity contribution in [1.82, 2.24) is 19.4 Å². The van der Waals surface area contributed by atoms with Crippen LogP contribution in [0.2, 0.25) is 0 Å². The second-order valence-corrected chi connectivity index (χ2v) is 8.27. The van der Waals surface area contributed by atoms with Gasteiger partial charge in [0.1, 0.15) is 0 Å². The number of piperidine rings is 1. The summed E-state index contributed by atoms with van der Waals surface area (Å²) in [5.41, 5.74) is 1.30. The normalized spacial score (nSPS) is 16.7. The van der Waals surface area contributed by atoms with Gasteiger partial charge in [-0.05, 0) is 37.0 Å². The Kier molecular flexibility index (Phi) is 5.19. The Bertz CT molecular complexity index is 825. The van der Waals surface area contributed by atoms with Gasteiger partial charge in [0.05, 0.1) is 17.5 Å². The molecule has 0 aliphatic carbocycles. The lowest BCUT2D eigenvalue weighted by Gasteiger charge is -2.30. The lowest BCUT2D eigenvalue weighted by atomic mass is 9.98. The molecule has 2 heterocycles. The van der Waals surface area contributed by atoms with E-state index in [0.717, 1.165) is 18.5 Å². The van der Waals surface area contributed by atoms with Crippen LogP contribution >= 0.6 is 0 Å². The molecule has 1 aromatic carbocycles. The Morgan fingerprint density at radius 3 is 2.60 bits per heavy atom. The fourth-order valence-electron chi connectivity index (χ4n) is 3.05. The van der Waals surface area contributed by atoms with E-state index >= 15 is 0 Å². The molecule has 1 N–H and O–H groups in total. The SMILES string of the molecule is CS(=O)(=O)N1CCC(CNC(=O)c2ccccc2-n2cccn2)CC1. The summed E-state index contributed by atoms with van der Waals surface area (Å²) in [6, 6.07) is 9.14. The lowest BCUT2D eigenvalue weighted by Crippen LogP contribution is -2.41. The van der Waals surface area contributed by atoms with Crippen molar-refractivity contribution in [3.05, 3.63) is 48.3 Å². The highest BCUT2D eigenvalue weighted by Gasteiger charge is 2.25. The molecular weight excluding hydrogens is 340 g/mol. The topological polar surface area (TPSA) is 84.3 Å². The van der Waals surface area contributed by atoms with Crippen LogP contribution in [0.4, 0.5) is 0 Å². The largest absolute Gasteiger partial charge is 0.352 e. The van der Waals surface area contributed by atoms with Crippen molar-refractivity contribution in [2.45, 2.75) is 12.8 Å². The maximum atomic E-state index is 12.6. The first-order chi connectivity index (χ1) is 11.9. The third kappa shape index (κ3) is 4.26. The van der Waals surface area contributed by atoms with Gasteiger partial charge in [-0.25, -0.2) is 17.4 Å². The van der Waals surface area contributed by atoms with Crippen LogP contribution < -0.4 is 5.32 Å². The van der Waals surface area contributed by atoms with Gasteiger partial charge in [0, 0.05) is 32.0 Å². The maximum Gasteiger partial charge on any atom is 0.253 e.